The first-order valence-corrected chi connectivity index (χ1v) is 15.8. The van der Waals surface area contributed by atoms with E-state index in [0.29, 0.717) is 6.54 Å². The van der Waals surface area contributed by atoms with Gasteiger partial charge < -0.3 is 10.2 Å². The average molecular weight is 669 g/mol. The molecule has 3 rings (SSSR count). The molecule has 2 amide bonds. The van der Waals surface area contributed by atoms with Crippen LogP contribution in [-0.2, 0) is 26.2 Å². The van der Waals surface area contributed by atoms with Crippen LogP contribution in [0.25, 0.3) is 0 Å². The predicted octanol–water partition coefficient (Wildman–Crippen LogP) is 6.59. The van der Waals surface area contributed by atoms with Crippen molar-refractivity contribution in [1.29, 1.82) is 0 Å². The topological polar surface area (TPSA) is 86.8 Å². The number of carbonyl (C=O) groups excluding carboxylic acids is 2. The number of rotatable bonds is 12. The van der Waals surface area contributed by atoms with Gasteiger partial charge in [-0.2, -0.15) is 0 Å². The SMILES string of the molecule is CCCCNC(=O)[C@H](C)N(Cc1ccc(Br)cc1)C(=O)CN(c1cc(Cl)ccc1Cl)S(=O)(=O)c1ccc(C)cc1. The minimum Gasteiger partial charge on any atom is -0.354 e. The van der Waals surface area contributed by atoms with Crippen LogP contribution in [0, 0.1) is 6.92 Å². The van der Waals surface area contributed by atoms with E-state index in [0.717, 1.165) is 32.7 Å². The molecule has 40 heavy (non-hydrogen) atoms. The highest BCUT2D eigenvalue weighted by molar-refractivity contribution is 9.10. The molecule has 0 aliphatic rings. The molecule has 214 valence electrons. The second-order valence-electron chi connectivity index (χ2n) is 9.39. The van der Waals surface area contributed by atoms with Gasteiger partial charge in [0.05, 0.1) is 15.6 Å². The lowest BCUT2D eigenvalue weighted by molar-refractivity contribution is -0.139. The highest BCUT2D eigenvalue weighted by atomic mass is 79.9. The highest BCUT2D eigenvalue weighted by Crippen LogP contribution is 2.33. The van der Waals surface area contributed by atoms with E-state index in [1.165, 1.54) is 35.2 Å². The van der Waals surface area contributed by atoms with Crippen molar-refractivity contribution in [2.24, 2.45) is 0 Å². The van der Waals surface area contributed by atoms with Gasteiger partial charge in [-0.1, -0.05) is 82.3 Å². The van der Waals surface area contributed by atoms with Gasteiger partial charge in [-0.15, -0.1) is 0 Å². The summed E-state index contributed by atoms with van der Waals surface area (Å²) < 4.78 is 29.6. The van der Waals surface area contributed by atoms with Crippen molar-refractivity contribution >= 4 is 66.7 Å². The zero-order valence-electron chi connectivity index (χ0n) is 22.5. The van der Waals surface area contributed by atoms with Crippen LogP contribution in [0.2, 0.25) is 10.0 Å². The van der Waals surface area contributed by atoms with Crippen LogP contribution in [-0.4, -0.2) is 44.3 Å². The van der Waals surface area contributed by atoms with Gasteiger partial charge in [-0.05, 0) is 68.3 Å². The van der Waals surface area contributed by atoms with Crippen LogP contribution in [0.15, 0.2) is 76.1 Å². The lowest BCUT2D eigenvalue weighted by Crippen LogP contribution is -2.51. The Morgan fingerprint density at radius 2 is 1.65 bits per heavy atom. The molecule has 3 aromatic rings. The number of anilines is 1. The Labute approximate surface area is 254 Å². The number of sulfonamides is 1. The van der Waals surface area contributed by atoms with Crippen molar-refractivity contribution in [3.8, 4) is 0 Å². The number of hydrogen-bond acceptors (Lipinski definition) is 4. The first-order chi connectivity index (χ1) is 18.9. The number of nitrogens with zero attached hydrogens (tertiary/aromatic N) is 2. The molecular weight excluding hydrogens is 637 g/mol. The van der Waals surface area contributed by atoms with E-state index in [4.69, 9.17) is 23.2 Å². The molecule has 0 radical (unpaired) electrons. The molecular formula is C29H32BrCl2N3O4S. The van der Waals surface area contributed by atoms with Gasteiger partial charge >= 0.3 is 0 Å². The van der Waals surface area contributed by atoms with Crippen LogP contribution in [0.4, 0.5) is 5.69 Å². The smallest absolute Gasteiger partial charge is 0.264 e. The number of hydrogen-bond donors (Lipinski definition) is 1. The third-order valence-electron chi connectivity index (χ3n) is 6.33. The molecule has 0 unspecified atom stereocenters. The lowest BCUT2D eigenvalue weighted by atomic mass is 10.1. The van der Waals surface area contributed by atoms with E-state index in [1.54, 1.807) is 19.1 Å². The van der Waals surface area contributed by atoms with E-state index >= 15 is 0 Å². The minimum atomic E-state index is -4.24. The molecule has 0 saturated heterocycles. The Bertz CT molecular complexity index is 1430. The summed E-state index contributed by atoms with van der Waals surface area (Å²) in [6.45, 7) is 5.46. The van der Waals surface area contributed by atoms with Crippen molar-refractivity contribution in [1.82, 2.24) is 10.2 Å². The second-order valence-corrected chi connectivity index (χ2v) is 13.0. The lowest BCUT2D eigenvalue weighted by Gasteiger charge is -2.32. The van der Waals surface area contributed by atoms with E-state index in [1.807, 2.05) is 38.1 Å². The monoisotopic (exact) mass is 667 g/mol. The van der Waals surface area contributed by atoms with Gasteiger partial charge in [-0.3, -0.25) is 13.9 Å². The molecule has 0 aliphatic carbocycles. The van der Waals surface area contributed by atoms with E-state index in [9.17, 15) is 18.0 Å². The summed E-state index contributed by atoms with van der Waals surface area (Å²) in [7, 11) is -4.24. The maximum atomic E-state index is 14.0. The molecule has 0 spiro atoms. The third-order valence-corrected chi connectivity index (χ3v) is 9.19. The standard InChI is InChI=1S/C29H32BrCl2N3O4S/c1-4-5-16-33-29(37)21(3)34(18-22-8-10-23(30)11-9-22)28(36)19-35(27-17-24(31)12-15-26(27)32)40(38,39)25-13-6-20(2)7-14-25/h6-15,17,21H,4-5,16,18-19H2,1-3H3,(H,33,37)/t21-/m0/s1. The predicted molar refractivity (Wildman–Crippen MR) is 164 cm³/mol. The number of unbranched alkanes of at least 4 members (excludes halogenated alkanes) is 1. The van der Waals surface area contributed by atoms with Crippen molar-refractivity contribution in [3.05, 3.63) is 92.4 Å². The summed E-state index contributed by atoms with van der Waals surface area (Å²) in [5.74, 6) is -0.902. The van der Waals surface area contributed by atoms with Gasteiger partial charge in [0.2, 0.25) is 11.8 Å². The number of aryl methyl sites for hydroxylation is 1. The van der Waals surface area contributed by atoms with Crippen molar-refractivity contribution < 1.29 is 18.0 Å². The molecule has 0 saturated carbocycles. The molecule has 0 aromatic heterocycles. The molecule has 1 atom stereocenters. The van der Waals surface area contributed by atoms with Crippen LogP contribution in [0.5, 0.6) is 0 Å². The number of halogens is 3. The summed E-state index contributed by atoms with van der Waals surface area (Å²) >= 11 is 16.1. The van der Waals surface area contributed by atoms with Gasteiger partial charge in [0.15, 0.2) is 0 Å². The zero-order valence-corrected chi connectivity index (χ0v) is 26.4. The minimum absolute atomic E-state index is 0.00763. The fourth-order valence-corrected chi connectivity index (χ4v) is 6.06. The molecule has 1 N–H and O–H groups in total. The molecule has 0 bridgehead atoms. The summed E-state index contributed by atoms with van der Waals surface area (Å²) in [5, 5.41) is 3.23. The summed E-state index contributed by atoms with van der Waals surface area (Å²) in [4.78, 5) is 28.4. The van der Waals surface area contributed by atoms with E-state index in [2.05, 4.69) is 21.2 Å². The van der Waals surface area contributed by atoms with Crippen molar-refractivity contribution in [3.63, 3.8) is 0 Å². The third kappa shape index (κ3) is 8.22. The maximum Gasteiger partial charge on any atom is 0.264 e. The number of nitrogens with one attached hydrogen (secondary N) is 1. The fourth-order valence-electron chi connectivity index (χ4n) is 3.93. The number of carbonyl (C=O) groups is 2. The summed E-state index contributed by atoms with van der Waals surface area (Å²) in [6, 6.07) is 17.2. The molecule has 0 heterocycles. The maximum absolute atomic E-state index is 14.0. The Kier molecular flexibility index (Phi) is 11.5. The quantitative estimate of drug-likeness (QED) is 0.221. The molecule has 0 fully saturated rings. The number of benzene rings is 3. The van der Waals surface area contributed by atoms with Crippen molar-refractivity contribution in [2.75, 3.05) is 17.4 Å². The van der Waals surface area contributed by atoms with Crippen LogP contribution >= 0.6 is 39.1 Å². The van der Waals surface area contributed by atoms with Crippen LogP contribution in [0.1, 0.15) is 37.8 Å². The summed E-state index contributed by atoms with van der Waals surface area (Å²) in [5.41, 5.74) is 1.72. The molecule has 7 nitrogen and oxygen atoms in total. The summed E-state index contributed by atoms with van der Waals surface area (Å²) in [6.07, 6.45) is 1.71. The number of amides is 2. The molecule has 3 aromatic carbocycles. The van der Waals surface area contributed by atoms with Gasteiger partial charge in [-0.25, -0.2) is 8.42 Å². The molecule has 11 heteroatoms. The van der Waals surface area contributed by atoms with Gasteiger partial charge in [0.25, 0.3) is 10.0 Å². The first kappa shape index (κ1) is 31.9. The van der Waals surface area contributed by atoms with Gasteiger partial charge in [0.1, 0.15) is 12.6 Å². The van der Waals surface area contributed by atoms with Crippen LogP contribution in [0.3, 0.4) is 0 Å². The second kappa shape index (κ2) is 14.3. The Morgan fingerprint density at radius 3 is 2.27 bits per heavy atom. The normalized spacial score (nSPS) is 12.1. The van der Waals surface area contributed by atoms with Gasteiger partial charge in [0, 0.05) is 22.6 Å². The Morgan fingerprint density at radius 1 is 1.00 bits per heavy atom. The largest absolute Gasteiger partial charge is 0.354 e. The Balaban J connectivity index is 2.04. The molecule has 0 aliphatic heterocycles. The van der Waals surface area contributed by atoms with E-state index < -0.39 is 28.5 Å². The first-order valence-electron chi connectivity index (χ1n) is 12.8. The Hall–Kier alpha value is -2.59. The van der Waals surface area contributed by atoms with Crippen LogP contribution < -0.4 is 9.62 Å². The zero-order chi connectivity index (χ0) is 29.4. The fraction of sp³-hybridized carbons (Fsp3) is 0.310. The van der Waals surface area contributed by atoms with Crippen molar-refractivity contribution in [2.45, 2.75) is 51.1 Å². The highest BCUT2D eigenvalue weighted by Gasteiger charge is 2.33. The average Bonchev–Trinajstić information content (AvgIpc) is 2.92. The van der Waals surface area contributed by atoms with E-state index in [-0.39, 0.29) is 33.1 Å².